The van der Waals surface area contributed by atoms with Gasteiger partial charge in [-0.2, -0.15) is 10.4 Å². The van der Waals surface area contributed by atoms with Crippen molar-refractivity contribution in [1.82, 2.24) is 15.4 Å². The molecule has 0 unspecified atom stereocenters. The lowest BCUT2D eigenvalue weighted by atomic mass is 10.0. The van der Waals surface area contributed by atoms with Gasteiger partial charge in [0, 0.05) is 6.07 Å². The SMILES string of the molecule is CCc1nnc(NCc2cc(C)on2)c(C#N)c1CC. The third-order valence-electron chi connectivity index (χ3n) is 3.07. The van der Waals surface area contributed by atoms with E-state index in [4.69, 9.17) is 4.52 Å². The van der Waals surface area contributed by atoms with Crippen LogP contribution in [0.2, 0.25) is 0 Å². The van der Waals surface area contributed by atoms with Gasteiger partial charge in [-0.25, -0.2) is 0 Å². The molecule has 1 N–H and O–H groups in total. The molecule has 2 aromatic rings. The number of hydrogen-bond donors (Lipinski definition) is 1. The Morgan fingerprint density at radius 1 is 1.30 bits per heavy atom. The Balaban J connectivity index is 2.25. The molecule has 2 rings (SSSR count). The zero-order chi connectivity index (χ0) is 14.5. The zero-order valence-electron chi connectivity index (χ0n) is 11.9. The molecule has 0 bridgehead atoms. The Morgan fingerprint density at radius 3 is 2.65 bits per heavy atom. The van der Waals surface area contributed by atoms with E-state index in [1.54, 1.807) is 0 Å². The van der Waals surface area contributed by atoms with Crippen LogP contribution in [-0.4, -0.2) is 15.4 Å². The van der Waals surface area contributed by atoms with Crippen LogP contribution in [0, 0.1) is 18.3 Å². The largest absolute Gasteiger partial charge is 0.362 e. The maximum atomic E-state index is 9.36. The summed E-state index contributed by atoms with van der Waals surface area (Å²) in [5, 5.41) is 24.7. The summed E-state index contributed by atoms with van der Waals surface area (Å²) in [5.41, 5.74) is 3.18. The van der Waals surface area contributed by atoms with E-state index in [0.29, 0.717) is 17.9 Å². The number of nitrogens with one attached hydrogen (secondary N) is 1. The van der Waals surface area contributed by atoms with Crippen molar-refractivity contribution in [3.05, 3.63) is 34.3 Å². The van der Waals surface area contributed by atoms with Crippen LogP contribution < -0.4 is 5.32 Å². The van der Waals surface area contributed by atoms with Gasteiger partial charge in [0.1, 0.15) is 23.1 Å². The van der Waals surface area contributed by atoms with Crippen LogP contribution in [0.25, 0.3) is 0 Å². The van der Waals surface area contributed by atoms with Gasteiger partial charge >= 0.3 is 0 Å². The van der Waals surface area contributed by atoms with E-state index >= 15 is 0 Å². The first kappa shape index (κ1) is 14.0. The van der Waals surface area contributed by atoms with E-state index in [9.17, 15) is 5.26 Å². The third-order valence-corrected chi connectivity index (χ3v) is 3.07. The molecule has 2 heterocycles. The fraction of sp³-hybridized carbons (Fsp3) is 0.429. The van der Waals surface area contributed by atoms with Crippen molar-refractivity contribution in [2.24, 2.45) is 0 Å². The maximum absolute atomic E-state index is 9.36. The van der Waals surface area contributed by atoms with E-state index in [2.05, 4.69) is 26.7 Å². The van der Waals surface area contributed by atoms with E-state index in [1.807, 2.05) is 26.8 Å². The number of aryl methyl sites for hydroxylation is 2. The van der Waals surface area contributed by atoms with Gasteiger partial charge in [-0.05, 0) is 25.3 Å². The topological polar surface area (TPSA) is 87.6 Å². The van der Waals surface area contributed by atoms with Crippen molar-refractivity contribution in [3.8, 4) is 6.07 Å². The standard InChI is InChI=1S/C14H17N5O/c1-4-11-12(7-15)14(18-17-13(11)5-2)16-8-10-6-9(3)20-19-10/h6H,4-5,8H2,1-3H3,(H,16,18). The Bertz CT molecular complexity index is 641. The summed E-state index contributed by atoms with van der Waals surface area (Å²) < 4.78 is 5.00. The number of rotatable bonds is 5. The van der Waals surface area contributed by atoms with Crippen LogP contribution in [0.5, 0.6) is 0 Å². The van der Waals surface area contributed by atoms with Gasteiger partial charge in [-0.15, -0.1) is 5.10 Å². The zero-order valence-corrected chi connectivity index (χ0v) is 11.9. The van der Waals surface area contributed by atoms with E-state index < -0.39 is 0 Å². The van der Waals surface area contributed by atoms with E-state index in [-0.39, 0.29) is 0 Å². The van der Waals surface area contributed by atoms with Crippen molar-refractivity contribution in [3.63, 3.8) is 0 Å². The molecule has 0 aliphatic heterocycles. The number of aromatic nitrogens is 3. The maximum Gasteiger partial charge on any atom is 0.167 e. The van der Waals surface area contributed by atoms with Crippen LogP contribution >= 0.6 is 0 Å². The molecule has 0 aromatic carbocycles. The Kier molecular flexibility index (Phi) is 4.31. The molecular formula is C14H17N5O. The normalized spacial score (nSPS) is 10.3. The second-order valence-corrected chi connectivity index (χ2v) is 4.45. The second-order valence-electron chi connectivity index (χ2n) is 4.45. The summed E-state index contributed by atoms with van der Waals surface area (Å²) in [5.74, 6) is 1.26. The van der Waals surface area contributed by atoms with Crippen molar-refractivity contribution < 1.29 is 4.52 Å². The quantitative estimate of drug-likeness (QED) is 0.898. The molecule has 20 heavy (non-hydrogen) atoms. The molecule has 0 radical (unpaired) electrons. The highest BCUT2D eigenvalue weighted by atomic mass is 16.5. The van der Waals surface area contributed by atoms with Gasteiger partial charge in [0.05, 0.1) is 12.2 Å². The Labute approximate surface area is 117 Å². The molecule has 104 valence electrons. The van der Waals surface area contributed by atoms with Crippen LogP contribution in [0.1, 0.15) is 42.1 Å². The molecule has 0 saturated carbocycles. The minimum Gasteiger partial charge on any atom is -0.362 e. The first-order chi connectivity index (χ1) is 9.69. The Morgan fingerprint density at radius 2 is 2.10 bits per heavy atom. The molecule has 6 nitrogen and oxygen atoms in total. The molecule has 0 spiro atoms. The summed E-state index contributed by atoms with van der Waals surface area (Å²) in [4.78, 5) is 0. The molecule has 0 saturated heterocycles. The molecule has 2 aromatic heterocycles. The van der Waals surface area contributed by atoms with Gasteiger partial charge in [0.15, 0.2) is 5.82 Å². The van der Waals surface area contributed by atoms with Gasteiger partial charge < -0.3 is 9.84 Å². The average molecular weight is 271 g/mol. The first-order valence-corrected chi connectivity index (χ1v) is 6.64. The summed E-state index contributed by atoms with van der Waals surface area (Å²) in [6.45, 7) is 6.31. The summed E-state index contributed by atoms with van der Waals surface area (Å²) in [7, 11) is 0. The van der Waals surface area contributed by atoms with E-state index in [1.165, 1.54) is 0 Å². The third kappa shape index (κ3) is 2.77. The van der Waals surface area contributed by atoms with Crippen molar-refractivity contribution in [2.75, 3.05) is 5.32 Å². The second kappa shape index (κ2) is 6.15. The van der Waals surface area contributed by atoms with Gasteiger partial charge in [-0.3, -0.25) is 0 Å². The predicted octanol–water partition coefficient (Wildman–Crippen LogP) is 2.38. The van der Waals surface area contributed by atoms with Gasteiger partial charge in [-0.1, -0.05) is 19.0 Å². The van der Waals surface area contributed by atoms with E-state index in [0.717, 1.165) is 35.6 Å². The number of anilines is 1. The van der Waals surface area contributed by atoms with Crippen molar-refractivity contribution >= 4 is 5.82 Å². The number of hydrogen-bond acceptors (Lipinski definition) is 6. The van der Waals surface area contributed by atoms with Gasteiger partial charge in [0.25, 0.3) is 0 Å². The van der Waals surface area contributed by atoms with Gasteiger partial charge in [0.2, 0.25) is 0 Å². The van der Waals surface area contributed by atoms with Crippen molar-refractivity contribution in [1.29, 1.82) is 5.26 Å². The smallest absolute Gasteiger partial charge is 0.167 e. The van der Waals surface area contributed by atoms with Crippen LogP contribution in [0.15, 0.2) is 10.6 Å². The summed E-state index contributed by atoms with van der Waals surface area (Å²) >= 11 is 0. The predicted molar refractivity (Wildman–Crippen MR) is 74.1 cm³/mol. The lowest BCUT2D eigenvalue weighted by Crippen LogP contribution is -2.10. The highest BCUT2D eigenvalue weighted by molar-refractivity contribution is 5.56. The van der Waals surface area contributed by atoms with Crippen molar-refractivity contribution in [2.45, 2.75) is 40.2 Å². The number of nitriles is 1. The van der Waals surface area contributed by atoms with Crippen LogP contribution in [0.3, 0.4) is 0 Å². The Hall–Kier alpha value is -2.42. The molecule has 0 atom stereocenters. The molecule has 0 aliphatic carbocycles. The minimum absolute atomic E-state index is 0.454. The first-order valence-electron chi connectivity index (χ1n) is 6.64. The molecule has 6 heteroatoms. The summed E-state index contributed by atoms with van der Waals surface area (Å²) in [6, 6.07) is 4.06. The monoisotopic (exact) mass is 271 g/mol. The highest BCUT2D eigenvalue weighted by Crippen LogP contribution is 2.20. The highest BCUT2D eigenvalue weighted by Gasteiger charge is 2.14. The fourth-order valence-corrected chi connectivity index (χ4v) is 2.09. The molecular weight excluding hydrogens is 254 g/mol. The lowest BCUT2D eigenvalue weighted by Gasteiger charge is -2.11. The van der Waals surface area contributed by atoms with Crippen LogP contribution in [-0.2, 0) is 19.4 Å². The minimum atomic E-state index is 0.454. The fourth-order valence-electron chi connectivity index (χ4n) is 2.09. The number of nitrogens with zero attached hydrogens (tertiary/aromatic N) is 4. The van der Waals surface area contributed by atoms with Crippen LogP contribution in [0.4, 0.5) is 5.82 Å². The average Bonchev–Trinajstić information content (AvgIpc) is 2.89. The molecule has 0 amide bonds. The molecule has 0 fully saturated rings. The molecule has 0 aliphatic rings. The summed E-state index contributed by atoms with van der Waals surface area (Å²) in [6.07, 6.45) is 1.53. The lowest BCUT2D eigenvalue weighted by molar-refractivity contribution is 0.391.